The van der Waals surface area contributed by atoms with E-state index in [1.807, 2.05) is 38.1 Å². The number of carbonyl (C=O) groups excluding carboxylic acids is 4. The van der Waals surface area contributed by atoms with Crippen molar-refractivity contribution in [3.63, 3.8) is 0 Å². The Hall–Kier alpha value is -4.43. The van der Waals surface area contributed by atoms with Crippen LogP contribution < -0.4 is 15.5 Å². The predicted molar refractivity (Wildman–Crippen MR) is 151 cm³/mol. The summed E-state index contributed by atoms with van der Waals surface area (Å²) in [5.74, 6) is -2.19. The molecule has 1 aliphatic heterocycles. The lowest BCUT2D eigenvalue weighted by molar-refractivity contribution is -0.120. The number of para-hydroxylation sites is 1. The van der Waals surface area contributed by atoms with Gasteiger partial charge in [-0.2, -0.15) is 0 Å². The Bertz CT molecular complexity index is 1450. The number of amides is 3. The molecule has 3 aromatic rings. The van der Waals surface area contributed by atoms with Gasteiger partial charge in [0.15, 0.2) is 0 Å². The van der Waals surface area contributed by atoms with Crippen LogP contribution in [0.5, 0.6) is 0 Å². The zero-order chi connectivity index (χ0) is 27.9. The van der Waals surface area contributed by atoms with E-state index in [0.717, 1.165) is 35.4 Å². The molecule has 0 saturated carbocycles. The Balaban J connectivity index is 1.46. The maximum Gasteiger partial charge on any atom is 0.338 e. The van der Waals surface area contributed by atoms with Gasteiger partial charge < -0.3 is 15.4 Å². The van der Waals surface area contributed by atoms with E-state index in [2.05, 4.69) is 10.6 Å². The third-order valence-corrected chi connectivity index (χ3v) is 6.51. The van der Waals surface area contributed by atoms with E-state index in [-0.39, 0.29) is 34.5 Å². The Morgan fingerprint density at radius 2 is 1.64 bits per heavy atom. The molecule has 3 aromatic carbocycles. The van der Waals surface area contributed by atoms with Crippen molar-refractivity contribution in [3.05, 3.63) is 100 Å². The van der Waals surface area contributed by atoms with Crippen LogP contribution in [0.2, 0.25) is 0 Å². The molecule has 2 N–H and O–H groups in total. The molecular formula is C30H28ClN3O5. The molecule has 0 bridgehead atoms. The molecule has 9 heteroatoms. The second kappa shape index (κ2) is 12.4. The van der Waals surface area contributed by atoms with Gasteiger partial charge in [-0.1, -0.05) is 56.1 Å². The van der Waals surface area contributed by atoms with Crippen molar-refractivity contribution in [2.45, 2.75) is 33.1 Å². The van der Waals surface area contributed by atoms with Gasteiger partial charge in [-0.25, -0.2) is 9.69 Å². The zero-order valence-corrected chi connectivity index (χ0v) is 22.4. The molecule has 1 aliphatic rings. The van der Waals surface area contributed by atoms with Gasteiger partial charge in [-0.15, -0.1) is 0 Å². The Morgan fingerprint density at radius 3 is 2.36 bits per heavy atom. The van der Waals surface area contributed by atoms with Gasteiger partial charge in [-0.05, 0) is 66.9 Å². The lowest BCUT2D eigenvalue weighted by Crippen LogP contribution is -2.32. The largest absolute Gasteiger partial charge is 0.462 e. The maximum absolute atomic E-state index is 13.2. The van der Waals surface area contributed by atoms with Crippen LogP contribution in [-0.2, 0) is 20.7 Å². The average molecular weight is 546 g/mol. The summed E-state index contributed by atoms with van der Waals surface area (Å²) in [5.41, 5.74) is 2.97. The normalized spacial score (nSPS) is 13.1. The van der Waals surface area contributed by atoms with Crippen molar-refractivity contribution < 1.29 is 23.9 Å². The number of imide groups is 1. The van der Waals surface area contributed by atoms with Crippen LogP contribution in [0.3, 0.4) is 0 Å². The lowest BCUT2D eigenvalue weighted by Gasteiger charge is -2.16. The number of anilines is 3. The summed E-state index contributed by atoms with van der Waals surface area (Å²) >= 11 is 6.25. The van der Waals surface area contributed by atoms with Crippen LogP contribution in [0, 0.1) is 0 Å². The first-order valence-electron chi connectivity index (χ1n) is 12.7. The van der Waals surface area contributed by atoms with Gasteiger partial charge in [-0.3, -0.25) is 14.4 Å². The van der Waals surface area contributed by atoms with E-state index in [1.54, 1.807) is 36.4 Å². The highest BCUT2D eigenvalue weighted by atomic mass is 35.5. The number of halogens is 1. The Labute approximate surface area is 231 Å². The number of nitrogens with one attached hydrogen (secondary N) is 2. The summed E-state index contributed by atoms with van der Waals surface area (Å²) in [6, 6.07) is 20.1. The standard InChI is InChI=1S/C30H28ClN3O5/c1-3-5-17-39-30(38)21-10-8-11-23(18-21)34-28(36)25(31)26(29(34)37)32-22-15-13-20(14-16-22)27(35)33-24-12-7-6-9-19(24)4-2/h6-16,18,32H,3-5,17H2,1-2H3,(H,33,35). The average Bonchev–Trinajstić information content (AvgIpc) is 3.16. The minimum absolute atomic E-state index is 0.105. The minimum atomic E-state index is -0.716. The Kier molecular flexibility index (Phi) is 8.78. The molecule has 0 unspecified atom stereocenters. The van der Waals surface area contributed by atoms with Crippen molar-refractivity contribution in [3.8, 4) is 0 Å². The first-order chi connectivity index (χ1) is 18.8. The van der Waals surface area contributed by atoms with Crippen molar-refractivity contribution in [1.29, 1.82) is 0 Å². The van der Waals surface area contributed by atoms with Gasteiger partial charge in [0.1, 0.15) is 10.7 Å². The molecule has 39 heavy (non-hydrogen) atoms. The highest BCUT2D eigenvalue weighted by molar-refractivity contribution is 6.53. The number of nitrogens with zero attached hydrogens (tertiary/aromatic N) is 1. The molecule has 0 aliphatic carbocycles. The van der Waals surface area contributed by atoms with Crippen LogP contribution in [-0.4, -0.2) is 30.3 Å². The van der Waals surface area contributed by atoms with E-state index in [4.69, 9.17) is 16.3 Å². The molecule has 0 spiro atoms. The molecule has 3 amide bonds. The van der Waals surface area contributed by atoms with E-state index in [9.17, 15) is 19.2 Å². The summed E-state index contributed by atoms with van der Waals surface area (Å²) in [5, 5.41) is 5.52. The maximum atomic E-state index is 13.2. The zero-order valence-electron chi connectivity index (χ0n) is 21.6. The predicted octanol–water partition coefficient (Wildman–Crippen LogP) is 5.89. The van der Waals surface area contributed by atoms with Gasteiger partial charge in [0, 0.05) is 16.9 Å². The number of ether oxygens (including phenoxy) is 1. The number of rotatable bonds is 10. The number of hydrogen-bond acceptors (Lipinski definition) is 6. The van der Waals surface area contributed by atoms with E-state index < -0.39 is 17.8 Å². The number of unbranched alkanes of at least 4 members (excludes halogenated alkanes) is 1. The lowest BCUT2D eigenvalue weighted by atomic mass is 10.1. The molecular weight excluding hydrogens is 518 g/mol. The smallest absolute Gasteiger partial charge is 0.338 e. The molecule has 0 radical (unpaired) electrons. The summed E-state index contributed by atoms with van der Waals surface area (Å²) in [4.78, 5) is 52.0. The quantitative estimate of drug-likeness (QED) is 0.187. The highest BCUT2D eigenvalue weighted by Crippen LogP contribution is 2.31. The van der Waals surface area contributed by atoms with Crippen LogP contribution in [0.4, 0.5) is 17.1 Å². The highest BCUT2D eigenvalue weighted by Gasteiger charge is 2.39. The summed E-state index contributed by atoms with van der Waals surface area (Å²) in [6.45, 7) is 4.29. The number of esters is 1. The van der Waals surface area contributed by atoms with Crippen LogP contribution in [0.25, 0.3) is 0 Å². The second-order valence-electron chi connectivity index (χ2n) is 8.84. The van der Waals surface area contributed by atoms with E-state index in [1.165, 1.54) is 12.1 Å². The van der Waals surface area contributed by atoms with E-state index >= 15 is 0 Å². The van der Waals surface area contributed by atoms with E-state index in [0.29, 0.717) is 11.3 Å². The fourth-order valence-electron chi connectivity index (χ4n) is 4.00. The molecule has 0 fully saturated rings. The summed E-state index contributed by atoms with van der Waals surface area (Å²) in [7, 11) is 0. The minimum Gasteiger partial charge on any atom is -0.462 e. The molecule has 0 atom stereocenters. The summed E-state index contributed by atoms with van der Waals surface area (Å²) in [6.07, 6.45) is 2.40. The van der Waals surface area contributed by atoms with Crippen molar-refractivity contribution in [2.75, 3.05) is 22.1 Å². The van der Waals surface area contributed by atoms with Crippen LogP contribution in [0.15, 0.2) is 83.5 Å². The molecule has 200 valence electrons. The SMILES string of the molecule is CCCCOC(=O)c1cccc(N2C(=O)C(Cl)=C(Nc3ccc(C(=O)Nc4ccccc4CC)cc3)C2=O)c1. The third-order valence-electron chi connectivity index (χ3n) is 6.16. The van der Waals surface area contributed by atoms with Crippen molar-refractivity contribution >= 4 is 52.4 Å². The molecule has 8 nitrogen and oxygen atoms in total. The van der Waals surface area contributed by atoms with Crippen LogP contribution in [0.1, 0.15) is 53.0 Å². The molecule has 4 rings (SSSR count). The monoisotopic (exact) mass is 545 g/mol. The second-order valence-corrected chi connectivity index (χ2v) is 9.22. The van der Waals surface area contributed by atoms with Crippen molar-refractivity contribution in [1.82, 2.24) is 0 Å². The van der Waals surface area contributed by atoms with Crippen molar-refractivity contribution in [2.24, 2.45) is 0 Å². The molecule has 0 saturated heterocycles. The van der Waals surface area contributed by atoms with Gasteiger partial charge in [0.05, 0.1) is 17.9 Å². The molecule has 1 heterocycles. The summed E-state index contributed by atoms with van der Waals surface area (Å²) < 4.78 is 5.23. The number of benzene rings is 3. The number of carbonyl (C=O) groups is 4. The number of aryl methyl sites for hydroxylation is 1. The fourth-order valence-corrected chi connectivity index (χ4v) is 4.22. The van der Waals surface area contributed by atoms with Gasteiger partial charge >= 0.3 is 5.97 Å². The van der Waals surface area contributed by atoms with Gasteiger partial charge in [0.2, 0.25) is 0 Å². The Morgan fingerprint density at radius 1 is 0.897 bits per heavy atom. The van der Waals surface area contributed by atoms with Crippen LogP contribution >= 0.6 is 11.6 Å². The third kappa shape index (κ3) is 6.18. The fraction of sp³-hybridized carbons (Fsp3) is 0.200. The topological polar surface area (TPSA) is 105 Å². The van der Waals surface area contributed by atoms with Gasteiger partial charge in [0.25, 0.3) is 17.7 Å². The number of hydrogen-bond donors (Lipinski definition) is 2. The molecule has 0 aromatic heterocycles. The first-order valence-corrected chi connectivity index (χ1v) is 13.0. The first kappa shape index (κ1) is 27.6.